The quantitative estimate of drug-likeness (QED) is 0.437. The zero-order valence-electron chi connectivity index (χ0n) is 15.6. The second-order valence-corrected chi connectivity index (χ2v) is 8.62. The molecule has 1 unspecified atom stereocenters. The molecule has 2 saturated carbocycles. The lowest BCUT2D eigenvalue weighted by molar-refractivity contribution is -0.282. The summed E-state index contributed by atoms with van der Waals surface area (Å²) in [7, 11) is 0. The number of rotatable bonds is 4. The molecule has 3 aliphatic carbocycles. The number of hydrogen-bond acceptors (Lipinski definition) is 5. The third-order valence-electron chi connectivity index (χ3n) is 7.20. The Kier molecular flexibility index (Phi) is 4.90. The van der Waals surface area contributed by atoms with Gasteiger partial charge in [-0.05, 0) is 78.5 Å². The van der Waals surface area contributed by atoms with E-state index in [0.717, 1.165) is 31.2 Å². The molecule has 1 aromatic rings. The van der Waals surface area contributed by atoms with Crippen LogP contribution in [0.4, 0.5) is 13.2 Å². The van der Waals surface area contributed by atoms with Crippen LogP contribution >= 0.6 is 0 Å². The van der Waals surface area contributed by atoms with E-state index >= 15 is 0 Å². The molecule has 8 heteroatoms. The number of benzene rings is 1. The van der Waals surface area contributed by atoms with Crippen molar-refractivity contribution in [1.82, 2.24) is 0 Å². The minimum absolute atomic E-state index is 0.111. The number of halogens is 3. The molecule has 0 spiro atoms. The van der Waals surface area contributed by atoms with Crippen molar-refractivity contribution in [3.63, 3.8) is 0 Å². The summed E-state index contributed by atoms with van der Waals surface area (Å²) in [5, 5.41) is 13.8. The largest absolute Gasteiger partial charge is 0.415 e. The van der Waals surface area contributed by atoms with E-state index in [1.165, 1.54) is 0 Å². The predicted octanol–water partition coefficient (Wildman–Crippen LogP) is 5.04. The molecule has 154 valence electrons. The number of nitrogens with zero attached hydrogens (tertiary/aromatic N) is 1. The van der Waals surface area contributed by atoms with Crippen molar-refractivity contribution in [2.45, 2.75) is 63.3 Å². The SMILES string of the molecule is C[C@]12CC[C@@H]3c4ccc(OOCC(F)(F)F)cc4C(N=O)C[C@H]3[C@@H]1CC[C@@H]2O. The Hall–Kier alpha value is -1.67. The van der Waals surface area contributed by atoms with Gasteiger partial charge in [0.05, 0.1) is 6.10 Å². The first-order chi connectivity index (χ1) is 13.2. The third kappa shape index (κ3) is 3.30. The first kappa shape index (κ1) is 19.6. The van der Waals surface area contributed by atoms with E-state index in [4.69, 9.17) is 4.89 Å². The second kappa shape index (κ2) is 6.99. The molecule has 28 heavy (non-hydrogen) atoms. The van der Waals surface area contributed by atoms with Gasteiger partial charge < -0.3 is 9.99 Å². The van der Waals surface area contributed by atoms with Crippen LogP contribution in [-0.2, 0) is 4.89 Å². The molecule has 1 N–H and O–H groups in total. The van der Waals surface area contributed by atoms with Crippen LogP contribution in [0, 0.1) is 22.2 Å². The number of aliphatic hydroxyl groups is 1. The summed E-state index contributed by atoms with van der Waals surface area (Å²) in [6, 6.07) is 4.41. The summed E-state index contributed by atoms with van der Waals surface area (Å²) in [4.78, 5) is 20.6. The van der Waals surface area contributed by atoms with Gasteiger partial charge in [-0.3, -0.25) is 0 Å². The topological polar surface area (TPSA) is 68.1 Å². The predicted molar refractivity (Wildman–Crippen MR) is 94.5 cm³/mol. The van der Waals surface area contributed by atoms with Crippen molar-refractivity contribution in [1.29, 1.82) is 0 Å². The molecule has 1 aromatic carbocycles. The number of fused-ring (bicyclic) bond motifs is 5. The first-order valence-corrected chi connectivity index (χ1v) is 9.73. The molecule has 0 heterocycles. The molecular formula is C20H24F3NO4. The smallest absolute Gasteiger partial charge is 0.393 e. The van der Waals surface area contributed by atoms with Crippen molar-refractivity contribution in [2.75, 3.05) is 6.61 Å². The molecule has 0 aromatic heterocycles. The van der Waals surface area contributed by atoms with E-state index in [1.807, 2.05) is 6.07 Å². The minimum Gasteiger partial charge on any atom is -0.393 e. The van der Waals surface area contributed by atoms with Gasteiger partial charge in [0, 0.05) is 0 Å². The molecule has 0 saturated heterocycles. The second-order valence-electron chi connectivity index (χ2n) is 8.62. The highest BCUT2D eigenvalue weighted by Gasteiger charge is 2.55. The van der Waals surface area contributed by atoms with E-state index in [9.17, 15) is 23.2 Å². The lowest BCUT2D eigenvalue weighted by Crippen LogP contribution is -2.44. The maximum Gasteiger partial charge on any atom is 0.415 e. The highest BCUT2D eigenvalue weighted by Crippen LogP contribution is 2.62. The van der Waals surface area contributed by atoms with Gasteiger partial charge in [-0.2, -0.15) is 23.0 Å². The molecule has 0 amide bonds. The molecule has 6 atom stereocenters. The fourth-order valence-corrected chi connectivity index (χ4v) is 5.85. The Labute approximate surface area is 161 Å². The fourth-order valence-electron chi connectivity index (χ4n) is 5.85. The van der Waals surface area contributed by atoms with Gasteiger partial charge in [0.25, 0.3) is 0 Å². The molecule has 5 nitrogen and oxygen atoms in total. The van der Waals surface area contributed by atoms with Crippen LogP contribution in [0.15, 0.2) is 23.4 Å². The van der Waals surface area contributed by atoms with Crippen LogP contribution in [-0.4, -0.2) is 24.0 Å². The van der Waals surface area contributed by atoms with Crippen LogP contribution in [0.5, 0.6) is 5.75 Å². The van der Waals surface area contributed by atoms with Gasteiger partial charge in [0.15, 0.2) is 12.4 Å². The van der Waals surface area contributed by atoms with E-state index in [1.54, 1.807) is 12.1 Å². The number of aliphatic hydroxyl groups excluding tert-OH is 1. The highest BCUT2D eigenvalue weighted by molar-refractivity contribution is 5.42. The maximum absolute atomic E-state index is 12.2. The van der Waals surface area contributed by atoms with Crippen LogP contribution in [0.3, 0.4) is 0 Å². The van der Waals surface area contributed by atoms with E-state index < -0.39 is 18.8 Å². The fraction of sp³-hybridized carbons (Fsp3) is 0.700. The zero-order valence-corrected chi connectivity index (χ0v) is 15.6. The van der Waals surface area contributed by atoms with Crippen molar-refractivity contribution in [2.24, 2.45) is 22.4 Å². The number of hydrogen-bond donors (Lipinski definition) is 1. The average Bonchev–Trinajstić information content (AvgIpc) is 2.95. The monoisotopic (exact) mass is 399 g/mol. The lowest BCUT2D eigenvalue weighted by atomic mass is 9.55. The average molecular weight is 399 g/mol. The van der Waals surface area contributed by atoms with E-state index in [-0.39, 0.29) is 29.1 Å². The van der Waals surface area contributed by atoms with Crippen LogP contribution in [0.2, 0.25) is 0 Å². The normalized spacial score (nSPS) is 37.0. The minimum atomic E-state index is -4.48. The lowest BCUT2D eigenvalue weighted by Gasteiger charge is -2.50. The Morgan fingerprint density at radius 1 is 1.25 bits per heavy atom. The summed E-state index contributed by atoms with van der Waals surface area (Å²) in [5.74, 6) is 1.03. The Morgan fingerprint density at radius 2 is 2.04 bits per heavy atom. The summed E-state index contributed by atoms with van der Waals surface area (Å²) >= 11 is 0. The summed E-state index contributed by atoms with van der Waals surface area (Å²) in [6.07, 6.45) is -0.602. The van der Waals surface area contributed by atoms with E-state index in [0.29, 0.717) is 17.9 Å². The molecule has 3 aliphatic rings. The van der Waals surface area contributed by atoms with Gasteiger partial charge in [0.1, 0.15) is 6.04 Å². The summed E-state index contributed by atoms with van der Waals surface area (Å²) in [5.41, 5.74) is 1.62. The molecular weight excluding hydrogens is 375 g/mol. The van der Waals surface area contributed by atoms with Gasteiger partial charge in [-0.25, -0.2) is 0 Å². The molecule has 2 fully saturated rings. The van der Waals surface area contributed by atoms with Gasteiger partial charge in [-0.15, -0.1) is 0 Å². The van der Waals surface area contributed by atoms with Crippen molar-refractivity contribution >= 4 is 0 Å². The van der Waals surface area contributed by atoms with Crippen LogP contribution in [0.1, 0.15) is 62.1 Å². The summed E-state index contributed by atoms with van der Waals surface area (Å²) in [6.45, 7) is 0.645. The van der Waals surface area contributed by atoms with Gasteiger partial charge in [0.2, 0.25) is 0 Å². The Bertz CT molecular complexity index is 755. The highest BCUT2D eigenvalue weighted by atomic mass is 19.4. The number of alkyl halides is 3. The Balaban J connectivity index is 1.58. The van der Waals surface area contributed by atoms with Gasteiger partial charge in [-0.1, -0.05) is 18.2 Å². The van der Waals surface area contributed by atoms with Crippen LogP contribution in [0.25, 0.3) is 0 Å². The standard InChI is InChI=1S/C20H24F3NO4/c1-19-7-6-13-12-3-2-11(28-27-10-20(21,22)23)8-15(12)17(24-26)9-14(13)16(19)4-5-18(19)25/h2-3,8,13-14,16-18,25H,4-7,9-10H2,1H3/t13-,14-,16+,17?,18+,19+/m1/s1. The third-order valence-corrected chi connectivity index (χ3v) is 7.20. The van der Waals surface area contributed by atoms with Gasteiger partial charge >= 0.3 is 6.18 Å². The number of nitroso groups, excluding NO2 is 1. The van der Waals surface area contributed by atoms with Crippen molar-refractivity contribution in [3.8, 4) is 5.75 Å². The van der Waals surface area contributed by atoms with E-state index in [2.05, 4.69) is 17.0 Å². The molecule has 0 radical (unpaired) electrons. The molecule has 4 rings (SSSR count). The Morgan fingerprint density at radius 3 is 2.75 bits per heavy atom. The zero-order chi connectivity index (χ0) is 20.1. The molecule has 0 aliphatic heterocycles. The summed E-state index contributed by atoms with van der Waals surface area (Å²) < 4.78 is 36.7. The maximum atomic E-state index is 12.2. The molecule has 0 bridgehead atoms. The van der Waals surface area contributed by atoms with Crippen molar-refractivity contribution < 1.29 is 28.1 Å². The van der Waals surface area contributed by atoms with Crippen molar-refractivity contribution in [3.05, 3.63) is 34.2 Å². The first-order valence-electron chi connectivity index (χ1n) is 9.73. The van der Waals surface area contributed by atoms with Crippen LogP contribution < -0.4 is 4.89 Å².